The number of carbonyl (C=O) groups excluding carboxylic acids is 2. The lowest BCUT2D eigenvalue weighted by Gasteiger charge is -2.40. The van der Waals surface area contributed by atoms with Crippen LogP contribution in [0.1, 0.15) is 47.2 Å². The number of sulfonamides is 1. The first-order valence-electron chi connectivity index (χ1n) is 10.8. The van der Waals surface area contributed by atoms with Gasteiger partial charge < -0.3 is 9.64 Å². The van der Waals surface area contributed by atoms with Gasteiger partial charge in [-0.15, -0.1) is 0 Å². The Balaban J connectivity index is 1.55. The summed E-state index contributed by atoms with van der Waals surface area (Å²) >= 11 is 0. The zero-order chi connectivity index (χ0) is 22.9. The predicted octanol–water partition coefficient (Wildman–Crippen LogP) is 2.78. The first-order chi connectivity index (χ1) is 15.3. The molecule has 2 aromatic carbocycles. The first kappa shape index (κ1) is 22.5. The van der Waals surface area contributed by atoms with Crippen molar-refractivity contribution in [2.75, 3.05) is 20.2 Å². The molecule has 0 bridgehead atoms. The van der Waals surface area contributed by atoms with Crippen LogP contribution in [-0.2, 0) is 25.0 Å². The summed E-state index contributed by atoms with van der Waals surface area (Å²) in [4.78, 5) is 27.8. The molecule has 4 rings (SSSR count). The molecule has 1 saturated carbocycles. The van der Waals surface area contributed by atoms with E-state index in [2.05, 4.69) is 4.72 Å². The van der Waals surface area contributed by atoms with Crippen molar-refractivity contribution in [3.63, 3.8) is 0 Å². The average Bonchev–Trinajstić information content (AvgIpc) is 3.62. The molecule has 1 aliphatic heterocycles. The molecule has 32 heavy (non-hydrogen) atoms. The summed E-state index contributed by atoms with van der Waals surface area (Å²) in [6.45, 7) is 2.55. The Bertz CT molecular complexity index is 1120. The minimum Gasteiger partial charge on any atom is -0.468 e. The van der Waals surface area contributed by atoms with E-state index in [0.29, 0.717) is 37.1 Å². The molecule has 1 aliphatic carbocycles. The largest absolute Gasteiger partial charge is 0.468 e. The van der Waals surface area contributed by atoms with E-state index in [4.69, 9.17) is 4.74 Å². The number of likely N-dealkylation sites (tertiary alicyclic amines) is 1. The minimum absolute atomic E-state index is 0.00743. The maximum Gasteiger partial charge on any atom is 0.316 e. The molecule has 0 aromatic heterocycles. The highest BCUT2D eigenvalue weighted by Crippen LogP contribution is 2.37. The summed E-state index contributed by atoms with van der Waals surface area (Å²) in [6.07, 6.45) is 2.56. The summed E-state index contributed by atoms with van der Waals surface area (Å²) in [5.74, 6) is -0.524. The lowest BCUT2D eigenvalue weighted by Crippen LogP contribution is -2.49. The van der Waals surface area contributed by atoms with Gasteiger partial charge in [-0.25, -0.2) is 13.1 Å². The van der Waals surface area contributed by atoms with Crippen LogP contribution < -0.4 is 4.72 Å². The molecule has 0 atom stereocenters. The molecule has 2 fully saturated rings. The van der Waals surface area contributed by atoms with Crippen molar-refractivity contribution in [1.29, 1.82) is 0 Å². The van der Waals surface area contributed by atoms with Gasteiger partial charge in [0.05, 0.1) is 17.4 Å². The van der Waals surface area contributed by atoms with E-state index in [1.807, 2.05) is 30.3 Å². The number of aryl methyl sites for hydroxylation is 1. The summed E-state index contributed by atoms with van der Waals surface area (Å²) in [5, 5.41) is 0. The second-order valence-corrected chi connectivity index (χ2v) is 10.3. The standard InChI is InChI=1S/C24H28N2O5S/c1-17-8-11-20(32(29,30)25-19-9-10-19)16-21(17)22(27)26-14-12-24(13-15-26,23(28)31-2)18-6-4-3-5-7-18/h3-8,11,16,19,25H,9-10,12-15H2,1-2H3. The zero-order valence-corrected chi connectivity index (χ0v) is 19.2. The van der Waals surface area contributed by atoms with Gasteiger partial charge in [-0.3, -0.25) is 9.59 Å². The molecule has 2 aliphatic rings. The topological polar surface area (TPSA) is 92.8 Å². The number of hydrogen-bond acceptors (Lipinski definition) is 5. The smallest absolute Gasteiger partial charge is 0.316 e. The van der Waals surface area contributed by atoms with Crippen LogP contribution in [0.15, 0.2) is 53.4 Å². The van der Waals surface area contributed by atoms with Gasteiger partial charge >= 0.3 is 5.97 Å². The van der Waals surface area contributed by atoms with E-state index in [0.717, 1.165) is 18.4 Å². The normalized spacial score (nSPS) is 18.2. The molecular weight excluding hydrogens is 428 g/mol. The number of nitrogens with one attached hydrogen (secondary N) is 1. The number of carbonyl (C=O) groups is 2. The van der Waals surface area contributed by atoms with Gasteiger partial charge in [-0.05, 0) is 55.9 Å². The van der Waals surface area contributed by atoms with E-state index >= 15 is 0 Å². The van der Waals surface area contributed by atoms with Gasteiger partial charge in [0, 0.05) is 24.7 Å². The lowest BCUT2D eigenvalue weighted by molar-refractivity contribution is -0.149. The van der Waals surface area contributed by atoms with E-state index < -0.39 is 15.4 Å². The van der Waals surface area contributed by atoms with Crippen molar-refractivity contribution in [2.45, 2.75) is 49.0 Å². The van der Waals surface area contributed by atoms with Crippen molar-refractivity contribution < 1.29 is 22.7 Å². The van der Waals surface area contributed by atoms with E-state index in [1.165, 1.54) is 19.2 Å². The maximum atomic E-state index is 13.3. The number of hydrogen-bond donors (Lipinski definition) is 1. The molecule has 0 unspecified atom stereocenters. The molecule has 8 heteroatoms. The third-order valence-electron chi connectivity index (χ3n) is 6.46. The molecule has 1 heterocycles. The van der Waals surface area contributed by atoms with Gasteiger partial charge in [0.1, 0.15) is 0 Å². The number of nitrogens with zero attached hydrogens (tertiary/aromatic N) is 1. The number of methoxy groups -OCH3 is 1. The Labute approximate surface area is 188 Å². The van der Waals surface area contributed by atoms with Gasteiger partial charge in [-0.1, -0.05) is 36.4 Å². The summed E-state index contributed by atoms with van der Waals surface area (Å²) in [6, 6.07) is 14.2. The molecular formula is C24H28N2O5S. The highest BCUT2D eigenvalue weighted by molar-refractivity contribution is 7.89. The van der Waals surface area contributed by atoms with Crippen LogP contribution in [0.2, 0.25) is 0 Å². The minimum atomic E-state index is -3.65. The van der Waals surface area contributed by atoms with Crippen molar-refractivity contribution in [2.24, 2.45) is 0 Å². The van der Waals surface area contributed by atoms with Crippen LogP contribution in [-0.4, -0.2) is 51.4 Å². The van der Waals surface area contributed by atoms with Crippen molar-refractivity contribution in [3.8, 4) is 0 Å². The number of rotatable bonds is 6. The lowest BCUT2D eigenvalue weighted by atomic mass is 9.72. The molecule has 0 spiro atoms. The Morgan fingerprint density at radius 2 is 1.72 bits per heavy atom. The number of benzene rings is 2. The maximum absolute atomic E-state index is 13.3. The quantitative estimate of drug-likeness (QED) is 0.675. The fraction of sp³-hybridized carbons (Fsp3) is 0.417. The van der Waals surface area contributed by atoms with Gasteiger partial charge in [0.15, 0.2) is 0 Å². The molecule has 1 amide bonds. The van der Waals surface area contributed by atoms with E-state index in [1.54, 1.807) is 17.9 Å². The average molecular weight is 457 g/mol. The predicted molar refractivity (Wildman–Crippen MR) is 120 cm³/mol. The molecule has 170 valence electrons. The van der Waals surface area contributed by atoms with Crippen LogP contribution in [0.5, 0.6) is 0 Å². The fourth-order valence-electron chi connectivity index (χ4n) is 4.31. The van der Waals surface area contributed by atoms with Crippen molar-refractivity contribution in [3.05, 3.63) is 65.2 Å². The molecule has 0 radical (unpaired) electrons. The second kappa shape index (κ2) is 8.67. The summed E-state index contributed by atoms with van der Waals surface area (Å²) in [5.41, 5.74) is 1.18. The summed E-state index contributed by atoms with van der Waals surface area (Å²) in [7, 11) is -2.27. The second-order valence-electron chi connectivity index (χ2n) is 8.60. The highest BCUT2D eigenvalue weighted by atomic mass is 32.2. The van der Waals surface area contributed by atoms with Crippen LogP contribution in [0.25, 0.3) is 0 Å². The van der Waals surface area contributed by atoms with Gasteiger partial charge in [-0.2, -0.15) is 0 Å². The molecule has 2 aromatic rings. The Kier molecular flexibility index (Phi) is 6.09. The summed E-state index contributed by atoms with van der Waals surface area (Å²) < 4.78 is 33.0. The van der Waals surface area contributed by atoms with Crippen LogP contribution in [0.3, 0.4) is 0 Å². The number of amides is 1. The number of esters is 1. The van der Waals surface area contributed by atoms with Crippen LogP contribution >= 0.6 is 0 Å². The van der Waals surface area contributed by atoms with Crippen LogP contribution in [0, 0.1) is 6.92 Å². The number of piperidine rings is 1. The van der Waals surface area contributed by atoms with E-state index in [-0.39, 0.29) is 22.8 Å². The van der Waals surface area contributed by atoms with Crippen LogP contribution in [0.4, 0.5) is 0 Å². The zero-order valence-electron chi connectivity index (χ0n) is 18.3. The van der Waals surface area contributed by atoms with Crippen molar-refractivity contribution in [1.82, 2.24) is 9.62 Å². The van der Waals surface area contributed by atoms with Crippen molar-refractivity contribution >= 4 is 21.9 Å². The fourth-order valence-corrected chi connectivity index (χ4v) is 5.64. The SMILES string of the molecule is COC(=O)C1(c2ccccc2)CCN(C(=O)c2cc(S(=O)(=O)NC3CC3)ccc2C)CC1. The van der Waals surface area contributed by atoms with Gasteiger partial charge in [0.25, 0.3) is 5.91 Å². The highest BCUT2D eigenvalue weighted by Gasteiger charge is 2.45. The third kappa shape index (κ3) is 4.29. The Hall–Kier alpha value is -2.71. The van der Waals surface area contributed by atoms with E-state index in [9.17, 15) is 18.0 Å². The van der Waals surface area contributed by atoms with Gasteiger partial charge in [0.2, 0.25) is 10.0 Å². The molecule has 1 N–H and O–H groups in total. The molecule has 1 saturated heterocycles. The first-order valence-corrected chi connectivity index (χ1v) is 12.3. The monoisotopic (exact) mass is 456 g/mol. The Morgan fingerprint density at radius 3 is 2.31 bits per heavy atom. The molecule has 7 nitrogen and oxygen atoms in total. The third-order valence-corrected chi connectivity index (χ3v) is 7.97. The Morgan fingerprint density at radius 1 is 1.06 bits per heavy atom. The number of ether oxygens (including phenoxy) is 1.